The SMILES string of the molecule is Cc1cc(N2C(=O)C3SC=CC3N(CC(=O)Nc3cc(Cl)ccc3C)C2=O)ccc1F. The largest absolute Gasteiger partial charge is 0.332 e. The van der Waals surface area contributed by atoms with Crippen LogP contribution < -0.4 is 10.2 Å². The van der Waals surface area contributed by atoms with Crippen molar-refractivity contribution < 1.29 is 18.8 Å². The molecule has 2 unspecified atom stereocenters. The number of benzene rings is 2. The molecule has 0 saturated carbocycles. The molecule has 31 heavy (non-hydrogen) atoms. The Bertz CT molecular complexity index is 1120. The summed E-state index contributed by atoms with van der Waals surface area (Å²) in [5.41, 5.74) is 1.97. The van der Waals surface area contributed by atoms with Gasteiger partial charge in [0.05, 0.1) is 11.7 Å². The summed E-state index contributed by atoms with van der Waals surface area (Å²) in [5, 5.41) is 4.45. The van der Waals surface area contributed by atoms with E-state index < -0.39 is 35.0 Å². The van der Waals surface area contributed by atoms with Crippen LogP contribution in [0.25, 0.3) is 0 Å². The zero-order valence-electron chi connectivity index (χ0n) is 16.8. The number of nitrogens with zero attached hydrogens (tertiary/aromatic N) is 2. The summed E-state index contributed by atoms with van der Waals surface area (Å²) in [6, 6.07) is 8.05. The minimum absolute atomic E-state index is 0.249. The van der Waals surface area contributed by atoms with E-state index >= 15 is 0 Å². The van der Waals surface area contributed by atoms with Crippen molar-refractivity contribution in [3.63, 3.8) is 0 Å². The minimum atomic E-state index is -0.623. The molecule has 1 fully saturated rings. The first-order valence-electron chi connectivity index (χ1n) is 9.55. The molecule has 2 atom stereocenters. The highest BCUT2D eigenvalue weighted by Crippen LogP contribution is 2.36. The number of thioether (sulfide) groups is 1. The molecule has 0 radical (unpaired) electrons. The van der Waals surface area contributed by atoms with Crippen LogP contribution in [0.3, 0.4) is 0 Å². The first-order chi connectivity index (χ1) is 14.8. The molecule has 0 aliphatic carbocycles. The topological polar surface area (TPSA) is 69.7 Å². The van der Waals surface area contributed by atoms with Crippen molar-refractivity contribution >= 4 is 52.6 Å². The summed E-state index contributed by atoms with van der Waals surface area (Å²) in [4.78, 5) is 41.5. The molecule has 4 rings (SSSR count). The van der Waals surface area contributed by atoms with Gasteiger partial charge < -0.3 is 10.2 Å². The van der Waals surface area contributed by atoms with Gasteiger partial charge in [-0.15, -0.1) is 11.8 Å². The highest BCUT2D eigenvalue weighted by molar-refractivity contribution is 8.03. The van der Waals surface area contributed by atoms with Crippen LogP contribution in [-0.4, -0.2) is 40.6 Å². The normalized spacial score (nSPS) is 20.3. The Morgan fingerprint density at radius 1 is 1.16 bits per heavy atom. The fourth-order valence-corrected chi connectivity index (χ4v) is 4.81. The quantitative estimate of drug-likeness (QED) is 0.730. The number of carbonyl (C=O) groups excluding carboxylic acids is 3. The Morgan fingerprint density at radius 2 is 1.94 bits per heavy atom. The van der Waals surface area contributed by atoms with Gasteiger partial charge in [-0.05, 0) is 60.7 Å². The Hall–Kier alpha value is -2.84. The number of aryl methyl sites for hydroxylation is 2. The van der Waals surface area contributed by atoms with E-state index in [1.807, 2.05) is 6.92 Å². The molecule has 1 N–H and O–H groups in total. The van der Waals surface area contributed by atoms with Crippen LogP contribution in [-0.2, 0) is 9.59 Å². The molecule has 0 spiro atoms. The standard InChI is InChI=1S/C22H19ClFN3O3S/c1-12-3-4-14(23)10-17(12)25-19(28)11-26-18-7-8-31-20(18)21(29)27(22(26)30)15-5-6-16(24)13(2)9-15/h3-10,18,20H,11H2,1-2H3,(H,25,28). The molecular weight excluding hydrogens is 441 g/mol. The maximum absolute atomic E-state index is 13.7. The molecule has 6 nitrogen and oxygen atoms in total. The van der Waals surface area contributed by atoms with E-state index in [2.05, 4.69) is 5.32 Å². The van der Waals surface area contributed by atoms with Gasteiger partial charge in [-0.25, -0.2) is 14.1 Å². The van der Waals surface area contributed by atoms with Crippen LogP contribution in [0.4, 0.5) is 20.6 Å². The fourth-order valence-electron chi connectivity index (χ4n) is 3.59. The van der Waals surface area contributed by atoms with E-state index in [9.17, 15) is 18.8 Å². The Morgan fingerprint density at radius 3 is 2.68 bits per heavy atom. The lowest BCUT2D eigenvalue weighted by molar-refractivity contribution is -0.121. The van der Waals surface area contributed by atoms with Crippen LogP contribution >= 0.6 is 23.4 Å². The van der Waals surface area contributed by atoms with Crippen molar-refractivity contribution in [3.8, 4) is 0 Å². The monoisotopic (exact) mass is 459 g/mol. The smallest absolute Gasteiger partial charge is 0.324 e. The Kier molecular flexibility index (Phi) is 5.77. The molecule has 2 heterocycles. The van der Waals surface area contributed by atoms with Gasteiger partial charge in [0.2, 0.25) is 5.91 Å². The van der Waals surface area contributed by atoms with E-state index in [4.69, 9.17) is 11.6 Å². The number of carbonyl (C=O) groups is 3. The molecule has 4 amide bonds. The summed E-state index contributed by atoms with van der Waals surface area (Å²) in [6.07, 6.45) is 1.75. The van der Waals surface area contributed by atoms with Crippen LogP contribution in [0.15, 0.2) is 47.9 Å². The second kappa shape index (κ2) is 8.36. The number of hydrogen-bond acceptors (Lipinski definition) is 4. The summed E-state index contributed by atoms with van der Waals surface area (Å²) < 4.78 is 13.7. The molecule has 0 bridgehead atoms. The molecule has 2 aromatic rings. The predicted molar refractivity (Wildman–Crippen MR) is 120 cm³/mol. The highest BCUT2D eigenvalue weighted by atomic mass is 35.5. The third-order valence-corrected chi connectivity index (χ3v) is 6.58. The molecule has 9 heteroatoms. The zero-order chi connectivity index (χ0) is 22.3. The van der Waals surface area contributed by atoms with Gasteiger partial charge in [-0.2, -0.15) is 0 Å². The summed E-state index contributed by atoms with van der Waals surface area (Å²) in [7, 11) is 0. The van der Waals surface area contributed by atoms with Crippen molar-refractivity contribution in [1.29, 1.82) is 0 Å². The van der Waals surface area contributed by atoms with Gasteiger partial charge in [0.15, 0.2) is 0 Å². The lowest BCUT2D eigenvalue weighted by Crippen LogP contribution is -2.63. The second-order valence-electron chi connectivity index (χ2n) is 7.40. The van der Waals surface area contributed by atoms with Gasteiger partial charge >= 0.3 is 6.03 Å². The van der Waals surface area contributed by atoms with Crippen molar-refractivity contribution in [1.82, 2.24) is 4.90 Å². The van der Waals surface area contributed by atoms with Crippen molar-refractivity contribution in [2.45, 2.75) is 25.1 Å². The van der Waals surface area contributed by atoms with Gasteiger partial charge in [-0.1, -0.05) is 23.7 Å². The molecule has 2 aromatic carbocycles. The third-order valence-electron chi connectivity index (χ3n) is 5.26. The molecule has 2 aliphatic rings. The predicted octanol–water partition coefficient (Wildman–Crippen LogP) is 4.50. The van der Waals surface area contributed by atoms with E-state index in [0.717, 1.165) is 10.5 Å². The highest BCUT2D eigenvalue weighted by Gasteiger charge is 2.48. The summed E-state index contributed by atoms with van der Waals surface area (Å²) in [6.45, 7) is 3.15. The van der Waals surface area contributed by atoms with Crippen molar-refractivity contribution in [2.75, 3.05) is 16.8 Å². The maximum Gasteiger partial charge on any atom is 0.332 e. The number of nitrogens with one attached hydrogen (secondary N) is 1. The maximum atomic E-state index is 13.7. The average Bonchev–Trinajstić information content (AvgIpc) is 3.21. The number of anilines is 2. The van der Waals surface area contributed by atoms with Crippen LogP contribution in [0.2, 0.25) is 5.02 Å². The van der Waals surface area contributed by atoms with Gasteiger partial charge in [0, 0.05) is 10.7 Å². The Labute approximate surface area is 188 Å². The number of halogens is 2. The zero-order valence-corrected chi connectivity index (χ0v) is 18.3. The average molecular weight is 460 g/mol. The van der Waals surface area contributed by atoms with E-state index in [1.54, 1.807) is 36.6 Å². The number of urea groups is 1. The lowest BCUT2D eigenvalue weighted by Gasteiger charge is -2.40. The molecular formula is C22H19ClFN3O3S. The second-order valence-corrected chi connectivity index (χ2v) is 8.89. The van der Waals surface area contributed by atoms with E-state index in [0.29, 0.717) is 16.3 Å². The summed E-state index contributed by atoms with van der Waals surface area (Å²) in [5.74, 6) is -1.23. The van der Waals surface area contributed by atoms with E-state index in [1.165, 1.54) is 34.9 Å². The third kappa shape index (κ3) is 4.05. The lowest BCUT2D eigenvalue weighted by atomic mass is 10.1. The van der Waals surface area contributed by atoms with Crippen molar-refractivity contribution in [3.05, 3.63) is 69.8 Å². The fraction of sp³-hybridized carbons (Fsp3) is 0.227. The molecule has 2 aliphatic heterocycles. The van der Waals surface area contributed by atoms with Crippen molar-refractivity contribution in [2.24, 2.45) is 0 Å². The number of amides is 4. The van der Waals surface area contributed by atoms with Crippen LogP contribution in [0, 0.1) is 19.7 Å². The number of hydrogen-bond donors (Lipinski definition) is 1. The molecule has 0 aromatic heterocycles. The first kappa shape index (κ1) is 21.4. The van der Waals surface area contributed by atoms with Crippen LogP contribution in [0.5, 0.6) is 0 Å². The van der Waals surface area contributed by atoms with Gasteiger partial charge in [0.1, 0.15) is 17.6 Å². The first-order valence-corrected chi connectivity index (χ1v) is 10.9. The Balaban J connectivity index is 1.61. The van der Waals surface area contributed by atoms with Crippen LogP contribution in [0.1, 0.15) is 11.1 Å². The number of rotatable bonds is 4. The summed E-state index contributed by atoms with van der Waals surface area (Å²) >= 11 is 7.31. The molecule has 160 valence electrons. The van der Waals surface area contributed by atoms with Gasteiger partial charge in [-0.3, -0.25) is 9.59 Å². The number of imide groups is 1. The number of fused-ring (bicyclic) bond motifs is 1. The minimum Gasteiger partial charge on any atom is -0.324 e. The molecule has 1 saturated heterocycles. The van der Waals surface area contributed by atoms with E-state index in [-0.39, 0.29) is 12.2 Å². The van der Waals surface area contributed by atoms with Gasteiger partial charge in [0.25, 0.3) is 5.91 Å².